The Morgan fingerprint density at radius 3 is 1.30 bits per heavy atom. The van der Waals surface area contributed by atoms with E-state index in [1.54, 1.807) is 48.5 Å². The molecule has 0 aliphatic carbocycles. The second-order valence-electron chi connectivity index (χ2n) is 13.4. The van der Waals surface area contributed by atoms with E-state index in [1.807, 2.05) is 20.8 Å². The summed E-state index contributed by atoms with van der Waals surface area (Å²) in [7, 11) is 0. The molecule has 0 aliphatic rings. The molecular formula is C34H60Br2Cl2O12. The molecule has 296 valence electrons. The molecule has 16 heteroatoms. The van der Waals surface area contributed by atoms with E-state index in [-0.39, 0.29) is 44.1 Å². The summed E-state index contributed by atoms with van der Waals surface area (Å²) >= 11 is 17.4. The highest BCUT2D eigenvalue weighted by molar-refractivity contribution is 9.10. The van der Waals surface area contributed by atoms with Gasteiger partial charge in [0.2, 0.25) is 0 Å². The zero-order chi connectivity index (χ0) is 39.4. The molecule has 1 unspecified atom stereocenters. The van der Waals surface area contributed by atoms with Crippen LogP contribution in [0.1, 0.15) is 75.7 Å². The van der Waals surface area contributed by atoms with Crippen LogP contribution in [0.2, 0.25) is 0 Å². The highest BCUT2D eigenvalue weighted by atomic mass is 79.9. The molecule has 0 aliphatic heterocycles. The Labute approximate surface area is 326 Å². The minimum Gasteiger partial charge on any atom is -0.463 e. The molecule has 0 bridgehead atoms. The number of carbonyl (C=O) groups is 4. The van der Waals surface area contributed by atoms with Gasteiger partial charge in [-0.3, -0.25) is 14.4 Å². The molecule has 50 heavy (non-hydrogen) atoms. The number of rotatable bonds is 22. The van der Waals surface area contributed by atoms with E-state index in [4.69, 9.17) is 61.1 Å². The second-order valence-corrected chi connectivity index (χ2v) is 17.2. The van der Waals surface area contributed by atoms with Crippen molar-refractivity contribution in [1.82, 2.24) is 0 Å². The van der Waals surface area contributed by atoms with Gasteiger partial charge < -0.3 is 37.9 Å². The number of hydrogen-bond donors (Lipinski definition) is 0. The molecule has 12 nitrogen and oxygen atoms in total. The number of hydrogen-bond acceptors (Lipinski definition) is 12. The van der Waals surface area contributed by atoms with Gasteiger partial charge in [-0.1, -0.05) is 38.4 Å². The maximum absolute atomic E-state index is 12.2. The van der Waals surface area contributed by atoms with Crippen molar-refractivity contribution in [2.75, 3.05) is 77.8 Å². The van der Waals surface area contributed by atoms with Crippen LogP contribution in [0, 0.1) is 5.41 Å². The molecular weight excluding hydrogens is 831 g/mol. The predicted octanol–water partition coefficient (Wildman–Crippen LogP) is 6.81. The number of alkyl halides is 4. The van der Waals surface area contributed by atoms with Crippen LogP contribution in [0.15, 0.2) is 12.7 Å². The normalized spacial score (nSPS) is 12.3. The first kappa shape index (κ1) is 53.4. The molecule has 0 radical (unpaired) electrons. The van der Waals surface area contributed by atoms with E-state index in [1.165, 1.54) is 0 Å². The molecule has 0 amide bonds. The van der Waals surface area contributed by atoms with Crippen LogP contribution in [0.3, 0.4) is 0 Å². The lowest BCUT2D eigenvalue weighted by Crippen LogP contribution is -2.35. The summed E-state index contributed by atoms with van der Waals surface area (Å²) in [6, 6.07) is 0. The van der Waals surface area contributed by atoms with Gasteiger partial charge in [-0.05, 0) is 75.7 Å². The van der Waals surface area contributed by atoms with Crippen LogP contribution in [0.4, 0.5) is 0 Å². The average Bonchev–Trinajstić information content (AvgIpc) is 2.97. The minimum absolute atomic E-state index is 0.150. The Morgan fingerprint density at radius 2 is 0.980 bits per heavy atom. The van der Waals surface area contributed by atoms with Crippen molar-refractivity contribution in [2.24, 2.45) is 5.41 Å². The van der Waals surface area contributed by atoms with E-state index in [0.29, 0.717) is 58.0 Å². The summed E-state index contributed by atoms with van der Waals surface area (Å²) < 4.78 is 40.4. The van der Waals surface area contributed by atoms with Crippen molar-refractivity contribution in [3.05, 3.63) is 12.7 Å². The van der Waals surface area contributed by atoms with Gasteiger partial charge >= 0.3 is 23.9 Å². The van der Waals surface area contributed by atoms with E-state index in [9.17, 15) is 19.2 Å². The standard InChI is InChI=1S/C17H30BrClO6.C10H18BrClO4.C7H12O2/c1-16(2,3)25-14(20)13(18)12-17(4,5)15(21)24-11-10-23-9-8-22-7-6-19;1-10(2,11)9(13)16-8-7-15-6-5-14-4-3-12;1-5-6(8)9-7(2,3)4/h13H,6-12H2,1-5H3;3-8H2,1-2H3;5H,1H2,2-4H3. The molecule has 0 aromatic rings. The molecule has 0 fully saturated rings. The fourth-order valence-corrected chi connectivity index (χ4v) is 4.07. The van der Waals surface area contributed by atoms with Crippen molar-refractivity contribution in [2.45, 2.75) is 96.0 Å². The highest BCUT2D eigenvalue weighted by Crippen LogP contribution is 2.29. The molecule has 0 spiro atoms. The topological polar surface area (TPSA) is 142 Å². The number of ether oxygens (including phenoxy) is 8. The first-order valence-corrected chi connectivity index (χ1v) is 18.9. The van der Waals surface area contributed by atoms with Gasteiger partial charge in [-0.15, -0.1) is 23.2 Å². The highest BCUT2D eigenvalue weighted by Gasteiger charge is 2.35. The van der Waals surface area contributed by atoms with Gasteiger partial charge in [-0.25, -0.2) is 4.79 Å². The van der Waals surface area contributed by atoms with Gasteiger partial charge in [0.15, 0.2) is 0 Å². The molecule has 1 atom stereocenters. The summed E-state index contributed by atoms with van der Waals surface area (Å²) in [5.74, 6) is -0.518. The van der Waals surface area contributed by atoms with Crippen LogP contribution >= 0.6 is 55.1 Å². The molecule has 0 saturated carbocycles. The Bertz CT molecular complexity index is 946. The third-order valence-electron chi connectivity index (χ3n) is 5.07. The summed E-state index contributed by atoms with van der Waals surface area (Å²) in [4.78, 5) is 45.4. The smallest absolute Gasteiger partial charge is 0.330 e. The number of carbonyl (C=O) groups excluding carboxylic acids is 4. The van der Waals surface area contributed by atoms with Crippen molar-refractivity contribution < 1.29 is 57.1 Å². The third kappa shape index (κ3) is 36.8. The SMILES string of the molecule is C=CC(=O)OC(C)(C)C.CC(C)(Br)C(=O)OCCOCCOCCCl.CC(C)(C)OC(=O)C(Br)CC(C)(C)C(=O)OCCOCCOCCCl. The Morgan fingerprint density at radius 1 is 0.620 bits per heavy atom. The van der Waals surface area contributed by atoms with Gasteiger partial charge in [0.05, 0.1) is 58.3 Å². The molecule has 0 heterocycles. The van der Waals surface area contributed by atoms with Crippen molar-refractivity contribution in [3.8, 4) is 0 Å². The fourth-order valence-electron chi connectivity index (χ4n) is 2.83. The van der Waals surface area contributed by atoms with Crippen molar-refractivity contribution >= 4 is 78.9 Å². The molecule has 0 N–H and O–H groups in total. The molecule has 0 aromatic carbocycles. The summed E-state index contributed by atoms with van der Waals surface area (Å²) in [5, 5.41) is 0. The van der Waals surface area contributed by atoms with E-state index in [2.05, 4.69) is 38.4 Å². The van der Waals surface area contributed by atoms with Crippen molar-refractivity contribution in [3.63, 3.8) is 0 Å². The molecule has 0 aromatic heterocycles. The quantitative estimate of drug-likeness (QED) is 0.0371. The maximum Gasteiger partial charge on any atom is 0.330 e. The average molecular weight is 892 g/mol. The Hall–Kier alpha value is -1.00. The van der Waals surface area contributed by atoms with E-state index in [0.717, 1.165) is 6.08 Å². The third-order valence-corrected chi connectivity index (χ3v) is 6.40. The monoisotopic (exact) mass is 888 g/mol. The van der Waals surface area contributed by atoms with Crippen molar-refractivity contribution in [1.29, 1.82) is 0 Å². The lowest BCUT2D eigenvalue weighted by molar-refractivity contribution is -0.159. The van der Waals surface area contributed by atoms with Crippen LogP contribution in [0.25, 0.3) is 0 Å². The fraction of sp³-hybridized carbons (Fsp3) is 0.824. The maximum atomic E-state index is 12.2. The lowest BCUT2D eigenvalue weighted by Gasteiger charge is -2.27. The van der Waals surface area contributed by atoms with Crippen LogP contribution in [-0.2, 0) is 57.1 Å². The van der Waals surface area contributed by atoms with Gasteiger partial charge in [0.1, 0.15) is 33.6 Å². The zero-order valence-electron chi connectivity index (χ0n) is 31.5. The van der Waals surface area contributed by atoms with E-state index < -0.39 is 31.7 Å². The lowest BCUT2D eigenvalue weighted by atomic mass is 9.88. The first-order valence-electron chi connectivity index (χ1n) is 16.1. The number of halogens is 4. The Balaban J connectivity index is -0.000000750. The van der Waals surface area contributed by atoms with Gasteiger partial charge in [-0.2, -0.15) is 0 Å². The second kappa shape index (κ2) is 29.5. The van der Waals surface area contributed by atoms with E-state index >= 15 is 0 Å². The van der Waals surface area contributed by atoms with Gasteiger partial charge in [0, 0.05) is 17.8 Å². The largest absolute Gasteiger partial charge is 0.463 e. The van der Waals surface area contributed by atoms with Crippen LogP contribution in [0.5, 0.6) is 0 Å². The number of esters is 4. The minimum atomic E-state index is -0.825. The summed E-state index contributed by atoms with van der Waals surface area (Å²) in [6.45, 7) is 25.0. The van der Waals surface area contributed by atoms with Gasteiger partial charge in [0.25, 0.3) is 0 Å². The summed E-state index contributed by atoms with van der Waals surface area (Å²) in [5.41, 5.74) is -1.79. The van der Waals surface area contributed by atoms with Crippen LogP contribution < -0.4 is 0 Å². The Kier molecular flexibility index (Phi) is 31.4. The molecule has 0 saturated heterocycles. The summed E-state index contributed by atoms with van der Waals surface area (Å²) in [6.07, 6.45) is 1.43. The zero-order valence-corrected chi connectivity index (χ0v) is 36.1. The van der Waals surface area contributed by atoms with Crippen LogP contribution in [-0.4, -0.2) is 122 Å². The first-order chi connectivity index (χ1) is 22.9. The predicted molar refractivity (Wildman–Crippen MR) is 203 cm³/mol. The molecule has 0 rings (SSSR count).